The predicted octanol–water partition coefficient (Wildman–Crippen LogP) is 2.75. The van der Waals surface area contributed by atoms with E-state index < -0.39 is 9.84 Å². The van der Waals surface area contributed by atoms with E-state index in [4.69, 9.17) is 0 Å². The molecule has 0 aliphatic carbocycles. The van der Waals surface area contributed by atoms with Gasteiger partial charge in [0.2, 0.25) is 0 Å². The maximum absolute atomic E-state index is 12.5. The van der Waals surface area contributed by atoms with Crippen LogP contribution in [-0.4, -0.2) is 32.0 Å². The molecular formula is C17H19NO3S. The van der Waals surface area contributed by atoms with Gasteiger partial charge in [-0.2, -0.15) is 0 Å². The Kier molecular flexibility index (Phi) is 4.98. The van der Waals surface area contributed by atoms with Gasteiger partial charge in [-0.05, 0) is 36.8 Å². The molecule has 22 heavy (non-hydrogen) atoms. The van der Waals surface area contributed by atoms with Crippen molar-refractivity contribution >= 4 is 15.7 Å². The third-order valence-electron chi connectivity index (χ3n) is 3.41. The number of sulfone groups is 1. The molecule has 0 bridgehead atoms. The minimum Gasteiger partial charge on any atom is -0.335 e. The highest BCUT2D eigenvalue weighted by Crippen LogP contribution is 2.14. The summed E-state index contributed by atoms with van der Waals surface area (Å²) < 4.78 is 22.9. The second-order valence-electron chi connectivity index (χ2n) is 5.10. The zero-order chi connectivity index (χ0) is 16.2. The van der Waals surface area contributed by atoms with E-state index >= 15 is 0 Å². The van der Waals surface area contributed by atoms with Crippen LogP contribution >= 0.6 is 0 Å². The monoisotopic (exact) mass is 317 g/mol. The maximum Gasteiger partial charge on any atom is 0.254 e. The summed E-state index contributed by atoms with van der Waals surface area (Å²) in [4.78, 5) is 14.5. The van der Waals surface area contributed by atoms with Crippen LogP contribution < -0.4 is 0 Å². The van der Waals surface area contributed by atoms with Crippen molar-refractivity contribution in [3.8, 4) is 0 Å². The van der Waals surface area contributed by atoms with Crippen molar-refractivity contribution in [3.05, 3.63) is 65.7 Å². The molecule has 0 aliphatic heterocycles. The second kappa shape index (κ2) is 6.75. The van der Waals surface area contributed by atoms with E-state index in [-0.39, 0.29) is 10.8 Å². The van der Waals surface area contributed by atoms with Crippen LogP contribution in [0.5, 0.6) is 0 Å². The van der Waals surface area contributed by atoms with Gasteiger partial charge in [-0.25, -0.2) is 8.42 Å². The minimum atomic E-state index is -3.24. The molecule has 0 saturated carbocycles. The average Bonchev–Trinajstić information content (AvgIpc) is 2.52. The first-order valence-corrected chi connectivity index (χ1v) is 8.94. The van der Waals surface area contributed by atoms with Crippen molar-refractivity contribution in [2.24, 2.45) is 0 Å². The topological polar surface area (TPSA) is 54.5 Å². The van der Waals surface area contributed by atoms with E-state index in [1.54, 1.807) is 17.0 Å². The molecule has 0 fully saturated rings. The van der Waals surface area contributed by atoms with Crippen molar-refractivity contribution < 1.29 is 13.2 Å². The number of hydrogen-bond donors (Lipinski definition) is 0. The van der Waals surface area contributed by atoms with E-state index in [0.717, 1.165) is 11.8 Å². The fraction of sp³-hybridized carbons (Fsp3) is 0.235. The van der Waals surface area contributed by atoms with Crippen LogP contribution in [0.3, 0.4) is 0 Å². The normalized spacial score (nSPS) is 11.2. The third-order valence-corrected chi connectivity index (χ3v) is 4.54. The summed E-state index contributed by atoms with van der Waals surface area (Å²) in [5, 5.41) is 0. The Morgan fingerprint density at radius 1 is 1.00 bits per heavy atom. The van der Waals surface area contributed by atoms with Crippen LogP contribution in [0.1, 0.15) is 22.8 Å². The van der Waals surface area contributed by atoms with Gasteiger partial charge in [-0.3, -0.25) is 4.79 Å². The lowest BCUT2D eigenvalue weighted by atomic mass is 10.1. The van der Waals surface area contributed by atoms with Gasteiger partial charge >= 0.3 is 0 Å². The molecular weight excluding hydrogens is 298 g/mol. The largest absolute Gasteiger partial charge is 0.335 e. The molecule has 0 aromatic heterocycles. The number of nitrogens with zero attached hydrogens (tertiary/aromatic N) is 1. The molecule has 116 valence electrons. The van der Waals surface area contributed by atoms with E-state index in [9.17, 15) is 13.2 Å². The van der Waals surface area contributed by atoms with Crippen molar-refractivity contribution in [3.63, 3.8) is 0 Å². The highest BCUT2D eigenvalue weighted by atomic mass is 32.2. The Balaban J connectivity index is 2.18. The molecule has 0 saturated heterocycles. The summed E-state index contributed by atoms with van der Waals surface area (Å²) in [5.74, 6) is -0.105. The van der Waals surface area contributed by atoms with Crippen LogP contribution in [0.25, 0.3) is 0 Å². The fourth-order valence-corrected chi connectivity index (χ4v) is 2.79. The minimum absolute atomic E-state index is 0.105. The van der Waals surface area contributed by atoms with Crippen LogP contribution in [0.2, 0.25) is 0 Å². The highest BCUT2D eigenvalue weighted by Gasteiger charge is 2.15. The van der Waals surface area contributed by atoms with Crippen molar-refractivity contribution in [1.82, 2.24) is 4.90 Å². The Labute approximate surface area is 131 Å². The lowest BCUT2D eigenvalue weighted by Gasteiger charge is -2.21. The van der Waals surface area contributed by atoms with Crippen LogP contribution in [0, 0.1) is 0 Å². The van der Waals surface area contributed by atoms with Crippen molar-refractivity contribution in [1.29, 1.82) is 0 Å². The van der Waals surface area contributed by atoms with Gasteiger partial charge in [-0.1, -0.05) is 30.3 Å². The number of benzene rings is 2. The Bertz CT molecular complexity index is 737. The number of hydrogen-bond acceptors (Lipinski definition) is 3. The summed E-state index contributed by atoms with van der Waals surface area (Å²) >= 11 is 0. The Hall–Kier alpha value is -2.14. The third kappa shape index (κ3) is 3.95. The molecule has 0 spiro atoms. The van der Waals surface area contributed by atoms with Gasteiger partial charge in [0, 0.05) is 24.9 Å². The standard InChI is InChI=1S/C17H19NO3S/c1-3-18(13-14-7-5-4-6-8-14)17(19)15-9-11-16(12-10-15)22(2,20)21/h4-12H,3,13H2,1-2H3. The predicted molar refractivity (Wildman–Crippen MR) is 86.4 cm³/mol. The van der Waals surface area contributed by atoms with E-state index in [1.807, 2.05) is 37.3 Å². The quantitative estimate of drug-likeness (QED) is 0.852. The summed E-state index contributed by atoms with van der Waals surface area (Å²) in [6.45, 7) is 3.04. The number of carbonyl (C=O) groups excluding carboxylic acids is 1. The molecule has 2 rings (SSSR count). The van der Waals surface area contributed by atoms with Crippen LogP contribution in [0.15, 0.2) is 59.5 Å². The lowest BCUT2D eigenvalue weighted by molar-refractivity contribution is 0.0752. The van der Waals surface area contributed by atoms with E-state index in [0.29, 0.717) is 18.7 Å². The highest BCUT2D eigenvalue weighted by molar-refractivity contribution is 7.90. The van der Waals surface area contributed by atoms with E-state index in [2.05, 4.69) is 0 Å². The summed E-state index contributed by atoms with van der Waals surface area (Å²) in [5.41, 5.74) is 1.55. The smallest absolute Gasteiger partial charge is 0.254 e. The molecule has 2 aromatic rings. The zero-order valence-corrected chi connectivity index (χ0v) is 13.5. The van der Waals surface area contributed by atoms with Crippen molar-refractivity contribution in [2.75, 3.05) is 12.8 Å². The van der Waals surface area contributed by atoms with Crippen LogP contribution in [0.4, 0.5) is 0 Å². The molecule has 0 radical (unpaired) electrons. The molecule has 0 atom stereocenters. The summed E-state index contributed by atoms with van der Waals surface area (Å²) in [7, 11) is -3.24. The molecule has 4 nitrogen and oxygen atoms in total. The van der Waals surface area contributed by atoms with Gasteiger partial charge in [0.1, 0.15) is 0 Å². The van der Waals surface area contributed by atoms with Gasteiger partial charge < -0.3 is 4.90 Å². The molecule has 0 N–H and O–H groups in total. The SMILES string of the molecule is CCN(Cc1ccccc1)C(=O)c1ccc(S(C)(=O)=O)cc1. The first-order chi connectivity index (χ1) is 10.4. The first-order valence-electron chi connectivity index (χ1n) is 7.05. The molecule has 0 unspecified atom stereocenters. The Morgan fingerprint density at radius 2 is 1.59 bits per heavy atom. The van der Waals surface area contributed by atoms with E-state index in [1.165, 1.54) is 12.1 Å². The average molecular weight is 317 g/mol. The molecule has 2 aromatic carbocycles. The molecule has 5 heteroatoms. The first kappa shape index (κ1) is 16.2. The molecule has 1 amide bonds. The van der Waals surface area contributed by atoms with Crippen LogP contribution in [-0.2, 0) is 16.4 Å². The van der Waals surface area contributed by atoms with Crippen molar-refractivity contribution in [2.45, 2.75) is 18.4 Å². The Morgan fingerprint density at radius 3 is 2.09 bits per heavy atom. The second-order valence-corrected chi connectivity index (χ2v) is 7.12. The maximum atomic E-state index is 12.5. The van der Waals surface area contributed by atoms with Gasteiger partial charge in [0.25, 0.3) is 5.91 Å². The summed E-state index contributed by atoms with van der Waals surface area (Å²) in [6.07, 6.45) is 1.15. The number of amides is 1. The molecule has 0 heterocycles. The zero-order valence-electron chi connectivity index (χ0n) is 12.7. The molecule has 0 aliphatic rings. The van der Waals surface area contributed by atoms with Gasteiger partial charge in [0.05, 0.1) is 4.90 Å². The number of rotatable bonds is 5. The fourth-order valence-electron chi connectivity index (χ4n) is 2.16. The van der Waals surface area contributed by atoms with Gasteiger partial charge in [0.15, 0.2) is 9.84 Å². The number of carbonyl (C=O) groups is 1. The summed E-state index contributed by atoms with van der Waals surface area (Å²) in [6, 6.07) is 15.8. The lowest BCUT2D eigenvalue weighted by Crippen LogP contribution is -2.30. The van der Waals surface area contributed by atoms with Gasteiger partial charge in [-0.15, -0.1) is 0 Å².